The van der Waals surface area contributed by atoms with Gasteiger partial charge in [0.2, 0.25) is 0 Å². The van der Waals surface area contributed by atoms with Crippen LogP contribution in [-0.4, -0.2) is 37.7 Å². The smallest absolute Gasteiger partial charge is 0.253 e. The first-order valence-electron chi connectivity index (χ1n) is 6.80. The Hall–Kier alpha value is -2.08. The molecule has 106 valence electrons. The summed E-state index contributed by atoms with van der Waals surface area (Å²) in [5.74, 6) is 0.217. The van der Waals surface area contributed by atoms with Crippen molar-refractivity contribution in [2.75, 3.05) is 0 Å². The normalized spacial score (nSPS) is 25.8. The molecule has 3 rings (SSSR count). The van der Waals surface area contributed by atoms with Gasteiger partial charge in [0, 0.05) is 31.3 Å². The van der Waals surface area contributed by atoms with Gasteiger partial charge in [-0.05, 0) is 24.8 Å². The number of aromatic amines is 1. The van der Waals surface area contributed by atoms with Crippen molar-refractivity contribution >= 4 is 5.91 Å². The third kappa shape index (κ3) is 2.75. The number of imidazole rings is 1. The topological polar surface area (TPSA) is 82.9 Å². The maximum Gasteiger partial charge on any atom is 0.253 e. The van der Waals surface area contributed by atoms with Crippen LogP contribution in [0.2, 0.25) is 0 Å². The fourth-order valence-corrected chi connectivity index (χ4v) is 2.83. The number of rotatable bonds is 4. The molecule has 3 N–H and O–H groups in total. The molecule has 6 nitrogen and oxygen atoms in total. The standard InChI is InChI=1S/C14H18N4O2/c19-13-6-10(8-18-4-3-16-9-18)5-12(13)17-14(20)11-1-2-15-7-11/h1-4,7,9-10,12-13,15,19H,5-6,8H2,(H,17,20)/t10?,12-,13-/m1/s1. The van der Waals surface area contributed by atoms with Crippen molar-refractivity contribution in [2.45, 2.75) is 31.5 Å². The van der Waals surface area contributed by atoms with E-state index in [0.29, 0.717) is 17.9 Å². The Labute approximate surface area is 116 Å². The predicted molar refractivity (Wildman–Crippen MR) is 73.0 cm³/mol. The zero-order valence-electron chi connectivity index (χ0n) is 11.1. The minimum atomic E-state index is -0.480. The summed E-state index contributed by atoms with van der Waals surface area (Å²) < 4.78 is 2.01. The largest absolute Gasteiger partial charge is 0.391 e. The van der Waals surface area contributed by atoms with Crippen LogP contribution in [0.3, 0.4) is 0 Å². The Morgan fingerprint density at radius 2 is 2.45 bits per heavy atom. The van der Waals surface area contributed by atoms with Gasteiger partial charge in [0.15, 0.2) is 0 Å². The summed E-state index contributed by atoms with van der Waals surface area (Å²) in [7, 11) is 0. The molecular weight excluding hydrogens is 256 g/mol. The van der Waals surface area contributed by atoms with Gasteiger partial charge in [-0.1, -0.05) is 0 Å². The lowest BCUT2D eigenvalue weighted by Crippen LogP contribution is -2.39. The van der Waals surface area contributed by atoms with Gasteiger partial charge in [-0.25, -0.2) is 4.98 Å². The highest BCUT2D eigenvalue weighted by Gasteiger charge is 2.34. The summed E-state index contributed by atoms with van der Waals surface area (Å²) in [4.78, 5) is 18.8. The molecule has 1 fully saturated rings. The fourth-order valence-electron chi connectivity index (χ4n) is 2.83. The quantitative estimate of drug-likeness (QED) is 0.770. The van der Waals surface area contributed by atoms with Gasteiger partial charge in [0.05, 0.1) is 24.0 Å². The fraction of sp³-hybridized carbons (Fsp3) is 0.429. The third-order valence-corrected chi connectivity index (χ3v) is 3.83. The summed E-state index contributed by atoms with van der Waals surface area (Å²) in [6, 6.07) is 1.55. The van der Waals surface area contributed by atoms with Crippen molar-refractivity contribution in [1.82, 2.24) is 19.9 Å². The molecule has 1 aliphatic carbocycles. The second-order valence-corrected chi connectivity index (χ2v) is 5.34. The Morgan fingerprint density at radius 3 is 3.15 bits per heavy atom. The van der Waals surface area contributed by atoms with E-state index in [-0.39, 0.29) is 11.9 Å². The van der Waals surface area contributed by atoms with Crippen LogP contribution in [0.1, 0.15) is 23.2 Å². The van der Waals surface area contributed by atoms with E-state index >= 15 is 0 Å². The number of amides is 1. The Kier molecular flexibility index (Phi) is 3.56. The first-order valence-corrected chi connectivity index (χ1v) is 6.80. The predicted octanol–water partition coefficient (Wildman–Crippen LogP) is 0.781. The number of aliphatic hydroxyl groups is 1. The third-order valence-electron chi connectivity index (χ3n) is 3.83. The Balaban J connectivity index is 1.57. The molecule has 2 aromatic rings. The minimum Gasteiger partial charge on any atom is -0.391 e. The average molecular weight is 274 g/mol. The maximum atomic E-state index is 12.0. The maximum absolute atomic E-state index is 12.0. The molecule has 1 unspecified atom stereocenters. The SMILES string of the molecule is O=C(N[C@@H]1CC(Cn2ccnc2)C[C@H]1O)c1cc[nH]c1. The van der Waals surface area contributed by atoms with E-state index < -0.39 is 6.10 Å². The lowest BCUT2D eigenvalue weighted by molar-refractivity contribution is 0.0873. The monoisotopic (exact) mass is 274 g/mol. The van der Waals surface area contributed by atoms with Gasteiger partial charge in [0.25, 0.3) is 5.91 Å². The van der Waals surface area contributed by atoms with Crippen LogP contribution < -0.4 is 5.32 Å². The zero-order valence-corrected chi connectivity index (χ0v) is 11.1. The van der Waals surface area contributed by atoms with Crippen molar-refractivity contribution in [2.24, 2.45) is 5.92 Å². The molecule has 0 radical (unpaired) electrons. The molecule has 1 aliphatic rings. The highest BCUT2D eigenvalue weighted by atomic mass is 16.3. The van der Waals surface area contributed by atoms with Crippen LogP contribution >= 0.6 is 0 Å². The number of hydrogen-bond donors (Lipinski definition) is 3. The van der Waals surface area contributed by atoms with Crippen molar-refractivity contribution in [3.05, 3.63) is 42.7 Å². The lowest BCUT2D eigenvalue weighted by Gasteiger charge is -2.15. The molecule has 2 heterocycles. The number of nitrogens with one attached hydrogen (secondary N) is 2. The number of carbonyl (C=O) groups is 1. The van der Waals surface area contributed by atoms with Crippen LogP contribution in [0, 0.1) is 5.92 Å². The summed E-state index contributed by atoms with van der Waals surface area (Å²) in [5.41, 5.74) is 0.593. The molecule has 1 saturated carbocycles. The summed E-state index contributed by atoms with van der Waals surface area (Å²) in [6.07, 6.45) is 9.81. The number of aliphatic hydroxyl groups excluding tert-OH is 1. The number of hydrogen-bond acceptors (Lipinski definition) is 3. The van der Waals surface area contributed by atoms with Gasteiger partial charge >= 0.3 is 0 Å². The second kappa shape index (κ2) is 5.50. The molecule has 0 aliphatic heterocycles. The summed E-state index contributed by atoms with van der Waals surface area (Å²) in [6.45, 7) is 0.827. The van der Waals surface area contributed by atoms with Crippen LogP contribution in [0.4, 0.5) is 0 Å². The number of H-pyrrole nitrogens is 1. The van der Waals surface area contributed by atoms with Crippen molar-refractivity contribution < 1.29 is 9.90 Å². The lowest BCUT2D eigenvalue weighted by atomic mass is 10.1. The first kappa shape index (κ1) is 12.9. The van der Waals surface area contributed by atoms with Gasteiger partial charge in [-0.3, -0.25) is 4.79 Å². The van der Waals surface area contributed by atoms with Gasteiger partial charge in [-0.15, -0.1) is 0 Å². The molecule has 0 bridgehead atoms. The molecule has 2 aromatic heterocycles. The first-order chi connectivity index (χ1) is 9.72. The van der Waals surface area contributed by atoms with Crippen LogP contribution in [0.5, 0.6) is 0 Å². The van der Waals surface area contributed by atoms with Gasteiger partial charge in [-0.2, -0.15) is 0 Å². The van der Waals surface area contributed by atoms with Crippen LogP contribution in [0.15, 0.2) is 37.2 Å². The van der Waals surface area contributed by atoms with Crippen LogP contribution in [0.25, 0.3) is 0 Å². The molecule has 1 amide bonds. The number of carbonyl (C=O) groups excluding carboxylic acids is 1. The summed E-state index contributed by atoms with van der Waals surface area (Å²) >= 11 is 0. The number of nitrogens with zero attached hydrogens (tertiary/aromatic N) is 2. The van der Waals surface area contributed by atoms with E-state index in [2.05, 4.69) is 15.3 Å². The van der Waals surface area contributed by atoms with Crippen molar-refractivity contribution in [3.63, 3.8) is 0 Å². The van der Waals surface area contributed by atoms with E-state index in [9.17, 15) is 9.90 Å². The second-order valence-electron chi connectivity index (χ2n) is 5.34. The van der Waals surface area contributed by atoms with Crippen molar-refractivity contribution in [1.29, 1.82) is 0 Å². The minimum absolute atomic E-state index is 0.140. The summed E-state index contributed by atoms with van der Waals surface area (Å²) in [5, 5.41) is 13.0. The highest BCUT2D eigenvalue weighted by molar-refractivity contribution is 5.94. The molecule has 6 heteroatoms. The Morgan fingerprint density at radius 1 is 1.55 bits per heavy atom. The Bertz CT molecular complexity index is 550. The van der Waals surface area contributed by atoms with E-state index in [0.717, 1.165) is 13.0 Å². The van der Waals surface area contributed by atoms with E-state index in [1.165, 1.54) is 0 Å². The van der Waals surface area contributed by atoms with Gasteiger partial charge < -0.3 is 20.0 Å². The molecule has 20 heavy (non-hydrogen) atoms. The van der Waals surface area contributed by atoms with Gasteiger partial charge in [0.1, 0.15) is 0 Å². The van der Waals surface area contributed by atoms with Crippen molar-refractivity contribution in [3.8, 4) is 0 Å². The highest BCUT2D eigenvalue weighted by Crippen LogP contribution is 2.27. The molecule has 0 aromatic carbocycles. The van der Waals surface area contributed by atoms with E-state index in [1.54, 1.807) is 31.0 Å². The molecular formula is C14H18N4O2. The van der Waals surface area contributed by atoms with E-state index in [1.807, 2.05) is 10.8 Å². The average Bonchev–Trinajstić information content (AvgIpc) is 3.14. The number of aromatic nitrogens is 3. The zero-order chi connectivity index (χ0) is 13.9. The molecule has 0 saturated heterocycles. The molecule has 0 spiro atoms. The van der Waals surface area contributed by atoms with E-state index in [4.69, 9.17) is 0 Å². The van der Waals surface area contributed by atoms with Crippen LogP contribution in [-0.2, 0) is 6.54 Å². The molecule has 3 atom stereocenters.